The second-order valence-corrected chi connectivity index (χ2v) is 3.34. The summed E-state index contributed by atoms with van der Waals surface area (Å²) in [6, 6.07) is 0. The third kappa shape index (κ3) is 8.47. The summed E-state index contributed by atoms with van der Waals surface area (Å²) in [6.45, 7) is 0.0666. The molecule has 0 aromatic carbocycles. The smallest absolute Gasteiger partial charge is 0.433 e. The Morgan fingerprint density at radius 2 is 2.23 bits per heavy atom. The fourth-order valence-corrected chi connectivity index (χ4v) is 0.675. The molecule has 0 aliphatic rings. The largest absolute Gasteiger partial charge is 0.509 e. The van der Waals surface area contributed by atoms with Crippen LogP contribution >= 0.6 is 45.8 Å². The highest BCUT2D eigenvalue weighted by Gasteiger charge is 2.07. The van der Waals surface area contributed by atoms with Gasteiger partial charge in [0.1, 0.15) is 6.61 Å². The molecule has 0 rings (SSSR count). The molecule has 0 aromatic heterocycles. The van der Waals surface area contributed by atoms with Gasteiger partial charge in [-0.1, -0.05) is 5.92 Å². The molecule has 0 saturated heterocycles. The average Bonchev–Trinajstić information content (AvgIpc) is 2.14. The molecule has 3 nitrogen and oxygen atoms in total. The van der Waals surface area contributed by atoms with Crippen molar-refractivity contribution in [3.8, 4) is 9.85 Å². The first-order valence-electron chi connectivity index (χ1n) is 3.28. The molecule has 1 unspecified atom stereocenters. The molecule has 0 N–H and O–H groups in total. The minimum absolute atomic E-state index is 0.0234. The van der Waals surface area contributed by atoms with E-state index in [1.54, 1.807) is 0 Å². The minimum Gasteiger partial charge on any atom is -0.433 e. The van der Waals surface area contributed by atoms with Gasteiger partial charge in [0.2, 0.25) is 0 Å². The molecule has 74 valence electrons. The number of rotatable bonds is 4. The van der Waals surface area contributed by atoms with E-state index < -0.39 is 6.16 Å². The number of ether oxygens (including phenoxy) is 2. The number of carbonyl (C=O) groups is 1. The number of alkyl halides is 2. The SMILES string of the molecule is O=C(OCC#CI)OCC(Cl)CCl. The second-order valence-electron chi connectivity index (χ2n) is 1.87. The van der Waals surface area contributed by atoms with Crippen LogP contribution in [0.25, 0.3) is 0 Å². The average molecular weight is 337 g/mol. The maximum absolute atomic E-state index is 10.7. The Morgan fingerprint density at radius 1 is 1.54 bits per heavy atom. The zero-order valence-electron chi connectivity index (χ0n) is 6.56. The Bertz CT molecular complexity index is 212. The molecule has 0 radical (unpaired) electrons. The van der Waals surface area contributed by atoms with Gasteiger partial charge in [0, 0.05) is 28.5 Å². The minimum atomic E-state index is -0.782. The van der Waals surface area contributed by atoms with Gasteiger partial charge in [0.15, 0.2) is 6.61 Å². The molecule has 0 aliphatic carbocycles. The second kappa shape index (κ2) is 8.73. The molecule has 0 heterocycles. The first kappa shape index (κ1) is 13.1. The number of hydrogen-bond donors (Lipinski definition) is 0. The Labute approximate surface area is 100 Å². The summed E-state index contributed by atoms with van der Waals surface area (Å²) in [4.78, 5) is 10.7. The van der Waals surface area contributed by atoms with Crippen LogP contribution in [0.5, 0.6) is 0 Å². The molecule has 13 heavy (non-hydrogen) atoms. The Morgan fingerprint density at radius 3 is 2.77 bits per heavy atom. The lowest BCUT2D eigenvalue weighted by Crippen LogP contribution is -2.16. The molecule has 0 fully saturated rings. The molecule has 0 spiro atoms. The highest BCUT2D eigenvalue weighted by atomic mass is 127. The monoisotopic (exact) mass is 336 g/mol. The first-order valence-corrected chi connectivity index (χ1v) is 5.33. The first-order chi connectivity index (χ1) is 6.20. The lowest BCUT2D eigenvalue weighted by molar-refractivity contribution is 0.0654. The molecular formula is C7H7Cl2IO3. The summed E-state index contributed by atoms with van der Waals surface area (Å²) >= 11 is 12.8. The molecule has 6 heteroatoms. The predicted octanol–water partition coefficient (Wildman–Crippen LogP) is 2.38. The van der Waals surface area contributed by atoms with E-state index in [4.69, 9.17) is 23.2 Å². The molecule has 0 aliphatic heterocycles. The zero-order chi connectivity index (χ0) is 10.1. The third-order valence-electron chi connectivity index (χ3n) is 0.878. The van der Waals surface area contributed by atoms with E-state index in [2.05, 4.69) is 19.3 Å². The third-order valence-corrected chi connectivity index (χ3v) is 2.07. The number of carbonyl (C=O) groups excluding carboxylic acids is 1. The van der Waals surface area contributed by atoms with Crippen LogP contribution in [0.1, 0.15) is 0 Å². The summed E-state index contributed by atoms with van der Waals surface area (Å²) in [7, 11) is 0. The van der Waals surface area contributed by atoms with Gasteiger partial charge in [0.05, 0.1) is 5.38 Å². The Kier molecular flexibility index (Phi) is 8.82. The van der Waals surface area contributed by atoms with Crippen LogP contribution in [-0.2, 0) is 9.47 Å². The van der Waals surface area contributed by atoms with E-state index in [0.29, 0.717) is 0 Å². The van der Waals surface area contributed by atoms with Crippen molar-refractivity contribution in [2.45, 2.75) is 5.38 Å². The molecular weight excluding hydrogens is 330 g/mol. The number of halogens is 3. The van der Waals surface area contributed by atoms with Crippen LogP contribution in [-0.4, -0.2) is 30.6 Å². The summed E-state index contributed by atoms with van der Waals surface area (Å²) in [6.07, 6.45) is -0.782. The molecule has 0 aromatic rings. The van der Waals surface area contributed by atoms with Crippen molar-refractivity contribution < 1.29 is 14.3 Å². The van der Waals surface area contributed by atoms with Crippen LogP contribution in [0.3, 0.4) is 0 Å². The molecule has 0 amide bonds. The van der Waals surface area contributed by atoms with Crippen molar-refractivity contribution in [1.29, 1.82) is 0 Å². The van der Waals surface area contributed by atoms with E-state index in [9.17, 15) is 4.79 Å². The molecule has 0 saturated carbocycles. The fraction of sp³-hybridized carbons (Fsp3) is 0.571. The van der Waals surface area contributed by atoms with Crippen LogP contribution in [0, 0.1) is 9.85 Å². The normalized spacial score (nSPS) is 11.0. The van der Waals surface area contributed by atoms with Gasteiger partial charge in [-0.25, -0.2) is 4.79 Å². The van der Waals surface area contributed by atoms with Crippen LogP contribution in [0.4, 0.5) is 4.79 Å². The van der Waals surface area contributed by atoms with E-state index >= 15 is 0 Å². The molecule has 1 atom stereocenters. The topological polar surface area (TPSA) is 35.5 Å². The summed E-state index contributed by atoms with van der Waals surface area (Å²) in [5.74, 6) is 2.76. The van der Waals surface area contributed by atoms with Gasteiger partial charge in [-0.2, -0.15) is 0 Å². The van der Waals surface area contributed by atoms with Gasteiger partial charge in [-0.15, -0.1) is 23.2 Å². The van der Waals surface area contributed by atoms with E-state index in [1.807, 2.05) is 22.6 Å². The fourth-order valence-electron chi connectivity index (χ4n) is 0.367. The van der Waals surface area contributed by atoms with E-state index in [1.165, 1.54) is 0 Å². The van der Waals surface area contributed by atoms with Crippen molar-refractivity contribution in [3.63, 3.8) is 0 Å². The summed E-state index contributed by atoms with van der Waals surface area (Å²) in [5, 5.41) is -0.384. The Balaban J connectivity index is 3.44. The maximum atomic E-state index is 10.7. The van der Waals surface area contributed by atoms with Crippen molar-refractivity contribution in [1.82, 2.24) is 0 Å². The van der Waals surface area contributed by atoms with E-state index in [0.717, 1.165) is 0 Å². The number of hydrogen-bond acceptors (Lipinski definition) is 3. The standard InChI is InChI=1S/C7H7Cl2IO3/c8-4-6(9)5-13-7(11)12-3-1-2-10/h6H,3-5H2. The maximum Gasteiger partial charge on any atom is 0.509 e. The zero-order valence-corrected chi connectivity index (χ0v) is 10.2. The van der Waals surface area contributed by atoms with Gasteiger partial charge in [-0.3, -0.25) is 0 Å². The Hall–Kier alpha value is 0.140. The van der Waals surface area contributed by atoms with Crippen molar-refractivity contribution in [3.05, 3.63) is 0 Å². The summed E-state index contributed by atoms with van der Waals surface area (Å²) < 4.78 is 11.7. The lowest BCUT2D eigenvalue weighted by atomic mass is 10.5. The van der Waals surface area contributed by atoms with Crippen LogP contribution in [0.2, 0.25) is 0 Å². The highest BCUT2D eigenvalue weighted by molar-refractivity contribution is 14.1. The van der Waals surface area contributed by atoms with Crippen molar-refractivity contribution >= 4 is 51.9 Å². The van der Waals surface area contributed by atoms with Crippen molar-refractivity contribution in [2.75, 3.05) is 19.1 Å². The van der Waals surface area contributed by atoms with Gasteiger partial charge in [0.25, 0.3) is 0 Å². The van der Waals surface area contributed by atoms with Crippen LogP contribution in [0.15, 0.2) is 0 Å². The van der Waals surface area contributed by atoms with Gasteiger partial charge >= 0.3 is 6.16 Å². The van der Waals surface area contributed by atoms with Gasteiger partial charge in [-0.05, 0) is 3.93 Å². The van der Waals surface area contributed by atoms with Crippen LogP contribution < -0.4 is 0 Å². The molecule has 0 bridgehead atoms. The summed E-state index contributed by atoms with van der Waals surface area (Å²) in [5.41, 5.74) is 0. The lowest BCUT2D eigenvalue weighted by Gasteiger charge is -2.05. The van der Waals surface area contributed by atoms with Crippen molar-refractivity contribution in [2.24, 2.45) is 0 Å². The quantitative estimate of drug-likeness (QED) is 0.342. The van der Waals surface area contributed by atoms with Gasteiger partial charge < -0.3 is 9.47 Å². The van der Waals surface area contributed by atoms with E-state index in [-0.39, 0.29) is 24.5 Å². The predicted molar refractivity (Wildman–Crippen MR) is 59.5 cm³/mol. The highest BCUT2D eigenvalue weighted by Crippen LogP contribution is 1.99.